The Bertz CT molecular complexity index is 976. The minimum atomic E-state index is -3.21. The number of hydrogen-bond donors (Lipinski definition) is 4. The molecule has 0 saturated carbocycles. The van der Waals surface area contributed by atoms with E-state index in [4.69, 9.17) is 24.7 Å². The number of carbonyl (C=O) groups is 5. The highest BCUT2D eigenvalue weighted by molar-refractivity contribution is 6.14. The van der Waals surface area contributed by atoms with Gasteiger partial charge in [0, 0.05) is 6.54 Å². The Morgan fingerprint density at radius 1 is 0.644 bits per heavy atom. The number of carbonyl (C=O) groups excluding carboxylic acids is 4. The predicted octanol–water partition coefficient (Wildman–Crippen LogP) is 3.59. The van der Waals surface area contributed by atoms with Crippen LogP contribution in [0.3, 0.4) is 0 Å². The Kier molecular flexibility index (Phi) is 16.0. The molecule has 5 N–H and O–H groups in total. The zero-order valence-corrected chi connectivity index (χ0v) is 29.4. The number of ether oxygens (including phenoxy) is 4. The van der Waals surface area contributed by atoms with Crippen molar-refractivity contribution in [3.63, 3.8) is 0 Å². The molecule has 0 bridgehead atoms. The fraction of sp³-hybridized carbons (Fsp3) is 0.839. The summed E-state index contributed by atoms with van der Waals surface area (Å²) in [5, 5.41) is 16.8. The quantitative estimate of drug-likeness (QED) is 0.0873. The topological polar surface area (TPSA) is 196 Å². The Morgan fingerprint density at radius 3 is 1.42 bits per heavy atom. The second-order valence-electron chi connectivity index (χ2n) is 14.8. The molecule has 45 heavy (non-hydrogen) atoms. The highest BCUT2D eigenvalue weighted by Gasteiger charge is 2.68. The molecule has 0 aliphatic carbocycles. The minimum Gasteiger partial charge on any atom is -0.464 e. The van der Waals surface area contributed by atoms with E-state index in [-0.39, 0.29) is 4.90 Å². The van der Waals surface area contributed by atoms with Gasteiger partial charge in [-0.15, -0.1) is 0 Å². The minimum absolute atomic E-state index is 0.0992. The molecule has 0 aliphatic heterocycles. The molecule has 0 heterocycles. The van der Waals surface area contributed by atoms with Gasteiger partial charge < -0.3 is 40.4 Å². The maximum atomic E-state index is 14.3. The molecule has 0 fully saturated rings. The normalized spacial score (nSPS) is 13.4. The number of carboxylic acid groups (broad SMARTS) is 1. The first-order valence-corrected chi connectivity index (χ1v) is 15.4. The highest BCUT2D eigenvalue weighted by atomic mass is 16.6. The van der Waals surface area contributed by atoms with Gasteiger partial charge in [0.2, 0.25) is 0 Å². The molecule has 0 aliphatic rings. The zero-order valence-electron chi connectivity index (χ0n) is 29.4. The van der Waals surface area contributed by atoms with E-state index in [9.17, 15) is 29.1 Å². The first-order chi connectivity index (χ1) is 20.3. The molecule has 0 aromatic carbocycles. The van der Waals surface area contributed by atoms with E-state index in [1.165, 1.54) is 62.3 Å². The number of nitrogens with zero attached hydrogens (tertiary/aromatic N) is 1. The molecule has 0 radical (unpaired) electrons. The number of amides is 2. The predicted molar refractivity (Wildman–Crippen MR) is 168 cm³/mol. The van der Waals surface area contributed by atoms with Crippen LogP contribution in [0.5, 0.6) is 0 Å². The van der Waals surface area contributed by atoms with Gasteiger partial charge in [0.15, 0.2) is 0 Å². The SMILES string of the molecule is CC(C)(C)OC(=O)C(CNCCCCNCCCN)C(C(=O)OC(C)(C)C)(C(=O)OC(C)(C)C)N(C(=O)O)C(=O)OC(C)(C)C. The summed E-state index contributed by atoms with van der Waals surface area (Å²) in [6.07, 6.45) is -1.42. The molecular formula is C31H58N4O10. The number of nitrogens with one attached hydrogen (secondary N) is 2. The molecule has 0 rings (SSSR count). The molecule has 2 amide bonds. The van der Waals surface area contributed by atoms with Crippen LogP contribution in [0, 0.1) is 5.92 Å². The summed E-state index contributed by atoms with van der Waals surface area (Å²) in [5.41, 5.74) is -2.66. The van der Waals surface area contributed by atoms with Gasteiger partial charge >= 0.3 is 30.1 Å². The summed E-state index contributed by atoms with van der Waals surface area (Å²) in [7, 11) is 0. The first-order valence-electron chi connectivity index (χ1n) is 15.4. The van der Waals surface area contributed by atoms with E-state index in [1.54, 1.807) is 20.8 Å². The van der Waals surface area contributed by atoms with E-state index < -0.39 is 70.5 Å². The summed E-state index contributed by atoms with van der Waals surface area (Å²) < 4.78 is 22.2. The summed E-state index contributed by atoms with van der Waals surface area (Å²) in [4.78, 5) is 69.1. The van der Waals surface area contributed by atoms with Gasteiger partial charge in [0.05, 0.1) is 0 Å². The van der Waals surface area contributed by atoms with Crippen LogP contribution < -0.4 is 16.4 Å². The highest BCUT2D eigenvalue weighted by Crippen LogP contribution is 2.36. The van der Waals surface area contributed by atoms with Gasteiger partial charge in [0.25, 0.3) is 5.54 Å². The average molecular weight is 647 g/mol. The van der Waals surface area contributed by atoms with Gasteiger partial charge in [-0.3, -0.25) is 4.79 Å². The molecular weight excluding hydrogens is 588 g/mol. The molecule has 0 spiro atoms. The van der Waals surface area contributed by atoms with Crippen molar-refractivity contribution in [3.05, 3.63) is 0 Å². The Morgan fingerprint density at radius 2 is 1.04 bits per heavy atom. The fourth-order valence-corrected chi connectivity index (χ4v) is 3.97. The lowest BCUT2D eigenvalue weighted by molar-refractivity contribution is -0.197. The number of unbranched alkanes of at least 4 members (excludes halogenated alkanes) is 1. The van der Waals surface area contributed by atoms with Crippen LogP contribution in [-0.2, 0) is 33.3 Å². The number of rotatable bonds is 15. The smallest absolute Gasteiger partial charge is 0.421 e. The largest absolute Gasteiger partial charge is 0.464 e. The van der Waals surface area contributed by atoms with Gasteiger partial charge in [-0.2, -0.15) is 4.90 Å². The summed E-state index contributed by atoms with van der Waals surface area (Å²) in [5.74, 6) is -6.09. The van der Waals surface area contributed by atoms with E-state index >= 15 is 0 Å². The zero-order chi connectivity index (χ0) is 35.4. The van der Waals surface area contributed by atoms with Crippen molar-refractivity contribution in [2.75, 3.05) is 32.7 Å². The van der Waals surface area contributed by atoms with Crippen LogP contribution in [-0.4, -0.2) is 101 Å². The van der Waals surface area contributed by atoms with Crippen LogP contribution in [0.4, 0.5) is 9.59 Å². The van der Waals surface area contributed by atoms with Crippen LogP contribution >= 0.6 is 0 Å². The third-order valence-corrected chi connectivity index (χ3v) is 5.60. The summed E-state index contributed by atoms with van der Waals surface area (Å²) in [6.45, 7) is 20.0. The van der Waals surface area contributed by atoms with Crippen molar-refractivity contribution in [1.29, 1.82) is 0 Å². The number of hydrogen-bond acceptors (Lipinski definition) is 12. The van der Waals surface area contributed by atoms with Crippen molar-refractivity contribution < 1.29 is 48.0 Å². The van der Waals surface area contributed by atoms with Crippen molar-refractivity contribution in [2.24, 2.45) is 11.7 Å². The van der Waals surface area contributed by atoms with E-state index in [0.29, 0.717) is 26.1 Å². The van der Waals surface area contributed by atoms with E-state index in [2.05, 4.69) is 10.6 Å². The maximum absolute atomic E-state index is 14.3. The van der Waals surface area contributed by atoms with Crippen LogP contribution in [0.2, 0.25) is 0 Å². The third kappa shape index (κ3) is 15.2. The van der Waals surface area contributed by atoms with Crippen molar-refractivity contribution in [2.45, 2.75) is 130 Å². The molecule has 0 aromatic rings. The third-order valence-electron chi connectivity index (χ3n) is 5.60. The van der Waals surface area contributed by atoms with Gasteiger partial charge in [-0.1, -0.05) is 0 Å². The summed E-state index contributed by atoms with van der Waals surface area (Å²) in [6, 6.07) is 0. The summed E-state index contributed by atoms with van der Waals surface area (Å²) >= 11 is 0. The molecule has 14 nitrogen and oxygen atoms in total. The van der Waals surface area contributed by atoms with Crippen LogP contribution in [0.1, 0.15) is 102 Å². The molecule has 14 heteroatoms. The molecule has 1 unspecified atom stereocenters. The Labute approximate surface area is 268 Å². The average Bonchev–Trinajstić information content (AvgIpc) is 2.79. The van der Waals surface area contributed by atoms with Gasteiger partial charge in [-0.25, -0.2) is 19.2 Å². The van der Waals surface area contributed by atoms with E-state index in [0.717, 1.165) is 19.4 Å². The molecule has 0 saturated heterocycles. The lowest BCUT2D eigenvalue weighted by Crippen LogP contribution is -2.72. The number of esters is 3. The van der Waals surface area contributed by atoms with Crippen LogP contribution in [0.15, 0.2) is 0 Å². The second kappa shape index (κ2) is 17.1. The van der Waals surface area contributed by atoms with Crippen molar-refractivity contribution in [3.8, 4) is 0 Å². The monoisotopic (exact) mass is 646 g/mol. The second-order valence-corrected chi connectivity index (χ2v) is 14.8. The van der Waals surface area contributed by atoms with Crippen LogP contribution in [0.25, 0.3) is 0 Å². The maximum Gasteiger partial charge on any atom is 0.421 e. The van der Waals surface area contributed by atoms with E-state index in [1.807, 2.05) is 0 Å². The number of imide groups is 1. The molecule has 262 valence electrons. The fourth-order valence-electron chi connectivity index (χ4n) is 3.97. The Hall–Kier alpha value is -2.97. The Balaban J connectivity index is 7.32. The van der Waals surface area contributed by atoms with Gasteiger partial charge in [0.1, 0.15) is 28.3 Å². The standard InChI is InChI=1S/C31H58N4O10/c1-27(2,3)42-22(36)21(20-34-18-14-13-17-33-19-15-16-32)31(23(37)43-28(4,5)6,24(38)44-29(7,8)9)35(25(39)40)26(41)45-30(10,11)12/h21,33-34H,13-20,32H2,1-12H3,(H,39,40). The van der Waals surface area contributed by atoms with Crippen molar-refractivity contribution in [1.82, 2.24) is 15.5 Å². The molecule has 1 atom stereocenters. The van der Waals surface area contributed by atoms with Gasteiger partial charge in [-0.05, 0) is 129 Å². The lowest BCUT2D eigenvalue weighted by Gasteiger charge is -2.43. The number of nitrogens with two attached hydrogens (primary N) is 1. The van der Waals surface area contributed by atoms with Crippen molar-refractivity contribution >= 4 is 30.1 Å². The first kappa shape index (κ1) is 42.0. The molecule has 0 aromatic heterocycles. The lowest BCUT2D eigenvalue weighted by atomic mass is 9.80.